The van der Waals surface area contributed by atoms with Crippen LogP contribution in [0.15, 0.2) is 36.4 Å². The van der Waals surface area contributed by atoms with Crippen LogP contribution >= 0.6 is 0 Å². The first-order chi connectivity index (χ1) is 25.6. The summed E-state index contributed by atoms with van der Waals surface area (Å²) in [4.78, 5) is 22.3. The number of alkyl halides is 6. The highest BCUT2D eigenvalue weighted by atomic mass is 19.4. The lowest BCUT2D eigenvalue weighted by Crippen LogP contribution is -2.96. The Bertz CT molecular complexity index is 1930. The van der Waals surface area contributed by atoms with Gasteiger partial charge in [-0.1, -0.05) is 6.07 Å². The van der Waals surface area contributed by atoms with Gasteiger partial charge in [-0.15, -0.1) is 0 Å². The minimum absolute atomic E-state index is 0.111. The number of hydrogen-bond donors (Lipinski definition) is 15. The van der Waals surface area contributed by atoms with Gasteiger partial charge in [-0.2, -0.15) is 31.2 Å². The molecule has 3 unspecified atom stereocenters. The molecule has 28 heteroatoms. The van der Waals surface area contributed by atoms with E-state index in [2.05, 4.69) is 0 Å². The normalized spacial score (nSPS) is 25.8. The van der Waals surface area contributed by atoms with Crippen LogP contribution in [0.3, 0.4) is 0 Å². The summed E-state index contributed by atoms with van der Waals surface area (Å²) >= 11 is 0. The summed E-state index contributed by atoms with van der Waals surface area (Å²) in [6.45, 7) is 1.38. The number of halogens is 7. The van der Waals surface area contributed by atoms with Crippen molar-refractivity contribution < 1.29 is 117 Å². The van der Waals surface area contributed by atoms with E-state index in [0.29, 0.717) is 32.2 Å². The van der Waals surface area contributed by atoms with E-state index in [1.807, 2.05) is 0 Å². The highest BCUT2D eigenvalue weighted by molar-refractivity contribution is 5.77. The Labute approximate surface area is 317 Å². The van der Waals surface area contributed by atoms with E-state index in [4.69, 9.17) is 0 Å². The van der Waals surface area contributed by atoms with Gasteiger partial charge in [0.25, 0.3) is 5.79 Å². The van der Waals surface area contributed by atoms with Crippen molar-refractivity contribution in [3.05, 3.63) is 70.0 Å². The second-order valence-corrected chi connectivity index (χ2v) is 13.7. The molecule has 2 aromatic carbocycles. The van der Waals surface area contributed by atoms with E-state index in [1.165, 1.54) is 0 Å². The lowest BCUT2D eigenvalue weighted by atomic mass is 9.76. The van der Waals surface area contributed by atoms with Crippen LogP contribution in [0.5, 0.6) is 0 Å². The number of rotatable bonds is 4. The van der Waals surface area contributed by atoms with Gasteiger partial charge in [0.1, 0.15) is 17.9 Å². The van der Waals surface area contributed by atoms with Gasteiger partial charge in [0.05, 0.1) is 11.1 Å². The molecule has 0 aliphatic carbocycles. The second-order valence-electron chi connectivity index (χ2n) is 13.7. The maximum atomic E-state index is 14.3. The Morgan fingerprint density at radius 2 is 1.10 bits per heavy atom. The van der Waals surface area contributed by atoms with Gasteiger partial charge < -0.3 is 76.6 Å². The monoisotopic (exact) mass is 856 g/mol. The van der Waals surface area contributed by atoms with Gasteiger partial charge >= 0.3 is 47.9 Å². The summed E-state index contributed by atoms with van der Waals surface area (Å²) < 4.78 is 96.6. The van der Waals surface area contributed by atoms with Crippen LogP contribution in [0.25, 0.3) is 0 Å². The molecule has 0 saturated carbocycles. The maximum absolute atomic E-state index is 14.3. The fourth-order valence-electron chi connectivity index (χ4n) is 6.73. The van der Waals surface area contributed by atoms with Crippen LogP contribution in [-0.2, 0) is 22.9 Å². The molecule has 0 aromatic heterocycles. The molecule has 0 spiro atoms. The highest BCUT2D eigenvalue weighted by Gasteiger charge is 2.86. The average Bonchev–Trinajstić information content (AvgIpc) is 3.02. The van der Waals surface area contributed by atoms with Crippen molar-refractivity contribution in [1.82, 2.24) is 19.6 Å². The third-order valence-electron chi connectivity index (χ3n) is 9.85. The molecule has 2 aromatic rings. The molecule has 326 valence electrons. The largest absolute Gasteiger partial charge is 0.416 e. The molecule has 21 nitrogen and oxygen atoms in total. The molecule has 0 radical (unpaired) electrons. The van der Waals surface area contributed by atoms with E-state index < -0.39 is 138 Å². The van der Waals surface area contributed by atoms with Crippen LogP contribution in [0.1, 0.15) is 47.7 Å². The fraction of sp³-hybridized carbons (Fsp3) is 0.533. The first-order valence-electron chi connectivity index (χ1n) is 15.7. The number of likely N-dealkylation sites (tertiary alicyclic amines) is 1. The van der Waals surface area contributed by atoms with Crippen LogP contribution in [0.2, 0.25) is 0 Å². The molecule has 2 aliphatic rings. The maximum Gasteiger partial charge on any atom is 0.416 e. The Morgan fingerprint density at radius 3 is 1.48 bits per heavy atom. The fourth-order valence-corrected chi connectivity index (χ4v) is 6.73. The number of nitrogens with zero attached hydrogens (tertiary/aromatic N) is 4. The number of benzene rings is 2. The van der Waals surface area contributed by atoms with Crippen molar-refractivity contribution in [2.24, 2.45) is 0 Å². The molecule has 3 atom stereocenters. The summed E-state index contributed by atoms with van der Waals surface area (Å²) in [5, 5.41) is 167. The minimum atomic E-state index is -5.56. The van der Waals surface area contributed by atoms with Crippen molar-refractivity contribution in [2.45, 2.75) is 92.1 Å². The molecule has 2 aliphatic heterocycles. The van der Waals surface area contributed by atoms with Crippen LogP contribution in [0.4, 0.5) is 35.5 Å². The van der Waals surface area contributed by atoms with Crippen molar-refractivity contribution in [3.63, 3.8) is 0 Å². The van der Waals surface area contributed by atoms with Gasteiger partial charge in [0.15, 0.2) is 5.72 Å². The Kier molecular flexibility index (Phi) is 10.7. The van der Waals surface area contributed by atoms with Crippen LogP contribution in [0, 0.1) is 12.7 Å². The smallest absolute Gasteiger partial charge is 0.367 e. The number of piperazine rings is 1. The zero-order valence-corrected chi connectivity index (χ0v) is 29.6. The quantitative estimate of drug-likeness (QED) is 0.102. The number of urea groups is 1. The number of carbonyl (C=O) groups excluding carboxylic acids is 2. The van der Waals surface area contributed by atoms with E-state index in [0.717, 1.165) is 6.92 Å². The lowest BCUT2D eigenvalue weighted by Gasteiger charge is -2.67. The summed E-state index contributed by atoms with van der Waals surface area (Å²) in [7, 11) is 0.303. The topological polar surface area (TPSA) is 351 Å². The van der Waals surface area contributed by atoms with E-state index >= 15 is 0 Å². The number of carbonyl (C=O) groups is 2. The van der Waals surface area contributed by atoms with E-state index in [1.54, 1.807) is 0 Å². The second kappa shape index (κ2) is 13.3. The van der Waals surface area contributed by atoms with Gasteiger partial charge in [0, 0.05) is 19.5 Å². The molecular formula is C30H35F7N4O17. The van der Waals surface area contributed by atoms with Crippen LogP contribution in [-0.4, -0.2) is 162 Å². The number of aliphatic hydroxyl groups is 15. The minimum Gasteiger partial charge on any atom is -0.367 e. The number of hydrogen-bond acceptors (Lipinski definition) is 18. The summed E-state index contributed by atoms with van der Waals surface area (Å²) in [6.07, 6.45) is -11.1. The SMILES string of the molecule is CC(=O)N1C(O)(O)C(O)(O)N(C2C(O)(O)C(c3ccc(F)cc3C)N(C(=O)N(C)C(C)(O)c3cc(C(F)(F)F)cc(C(F)(F)F)c3)C(O)(O)C2(O)O)C(O)(O)C1(O)O. The molecule has 2 fully saturated rings. The Balaban J connectivity index is 2.08. The first-order valence-corrected chi connectivity index (χ1v) is 15.7. The van der Waals surface area contributed by atoms with Gasteiger partial charge in [0.2, 0.25) is 11.7 Å². The average molecular weight is 857 g/mol. The van der Waals surface area contributed by atoms with Crippen molar-refractivity contribution >= 4 is 11.9 Å². The third-order valence-corrected chi connectivity index (χ3v) is 9.85. The van der Waals surface area contributed by atoms with Crippen molar-refractivity contribution in [2.75, 3.05) is 7.05 Å². The van der Waals surface area contributed by atoms with Gasteiger partial charge in [-0.25, -0.2) is 14.1 Å². The molecular weight excluding hydrogens is 821 g/mol. The summed E-state index contributed by atoms with van der Waals surface area (Å²) in [5.74, 6) is -39.5. The molecule has 2 saturated heterocycles. The predicted octanol–water partition coefficient (Wildman–Crippen LogP) is -4.47. The molecule has 2 heterocycles. The van der Waals surface area contributed by atoms with Crippen molar-refractivity contribution in [3.8, 4) is 0 Å². The molecule has 4 rings (SSSR count). The summed E-state index contributed by atoms with van der Waals surface area (Å²) in [6, 6.07) is -9.49. The molecule has 0 bridgehead atoms. The van der Waals surface area contributed by atoms with Crippen molar-refractivity contribution in [1.29, 1.82) is 0 Å². The zero-order chi connectivity index (χ0) is 45.3. The van der Waals surface area contributed by atoms with E-state index in [-0.39, 0.29) is 24.0 Å². The third kappa shape index (κ3) is 6.54. The standard InChI is InChI=1S/C30H35F7N4O17/c1-11-7-16(31)5-6-17(11)18-22(45,46)19(41-29(55,56)27(51,52)40(12(2)42)28(53,54)30(41,57)58)23(47,48)26(49,50)39(18)20(43)38(4)21(3,44)13-8-14(24(32,33)34)10-15(9-13)25(35,36)37/h5-10,18-19,44-58H,1-4H3. The summed E-state index contributed by atoms with van der Waals surface area (Å²) in [5.41, 5.74) is -10.8. The molecule has 58 heavy (non-hydrogen) atoms. The number of piperidine rings is 1. The van der Waals surface area contributed by atoms with Gasteiger partial charge in [-0.05, 0) is 55.3 Å². The molecule has 15 N–H and O–H groups in total. The lowest BCUT2D eigenvalue weighted by molar-refractivity contribution is -0.623. The Hall–Kier alpha value is -3.95. The molecule has 3 amide bonds. The van der Waals surface area contributed by atoms with Gasteiger partial charge in [-0.3, -0.25) is 14.6 Å². The van der Waals surface area contributed by atoms with Crippen LogP contribution < -0.4 is 0 Å². The zero-order valence-electron chi connectivity index (χ0n) is 29.6. The number of aryl methyl sites for hydroxylation is 1. The first kappa shape index (κ1) is 46.7. The van der Waals surface area contributed by atoms with E-state index in [9.17, 15) is 117 Å². The predicted molar refractivity (Wildman–Crippen MR) is 163 cm³/mol. The number of amides is 3. The highest BCUT2D eigenvalue weighted by Crippen LogP contribution is 2.56. The Morgan fingerprint density at radius 1 is 0.690 bits per heavy atom.